The summed E-state index contributed by atoms with van der Waals surface area (Å²) in [6, 6.07) is 18.7. The summed E-state index contributed by atoms with van der Waals surface area (Å²) in [6.45, 7) is 2.28. The molecule has 0 heterocycles. The maximum absolute atomic E-state index is 3.77. The normalized spacial score (nSPS) is 11.2. The Morgan fingerprint density at radius 2 is 1.22 bits per heavy atom. The second kappa shape index (κ2) is 16.6. The number of hydrogen-bond acceptors (Lipinski definition) is 0. The van der Waals surface area contributed by atoms with Crippen LogP contribution in [0.25, 0.3) is 0 Å². The van der Waals surface area contributed by atoms with Gasteiger partial charge in [-0.15, -0.1) is 5.56 Å². The van der Waals surface area contributed by atoms with Crippen molar-refractivity contribution in [1.29, 1.82) is 0 Å². The maximum atomic E-state index is 3.77. The quantitative estimate of drug-likeness (QED) is 0.160. The summed E-state index contributed by atoms with van der Waals surface area (Å²) in [7, 11) is 0. The van der Waals surface area contributed by atoms with Crippen molar-refractivity contribution in [1.82, 2.24) is 0 Å². The van der Waals surface area contributed by atoms with E-state index in [1.54, 1.807) is 0 Å². The molecule has 0 bridgehead atoms. The summed E-state index contributed by atoms with van der Waals surface area (Å²) < 4.78 is 0. The van der Waals surface area contributed by atoms with E-state index >= 15 is 0 Å². The smallest absolute Gasteiger partial charge is 0 e. The molecular formula is C21H31BrFe-6. The molecule has 2 aromatic rings. The van der Waals surface area contributed by atoms with Gasteiger partial charge in [0.2, 0.25) is 0 Å². The van der Waals surface area contributed by atoms with Gasteiger partial charge in [-0.25, -0.2) is 12.1 Å². The van der Waals surface area contributed by atoms with E-state index < -0.39 is 0 Å². The molecule has 2 heteroatoms. The van der Waals surface area contributed by atoms with Crippen LogP contribution in [0.3, 0.4) is 0 Å². The van der Waals surface area contributed by atoms with Crippen LogP contribution in [0.15, 0.2) is 54.6 Å². The monoisotopic (exact) mass is 418 g/mol. The summed E-state index contributed by atoms with van der Waals surface area (Å²) in [5.41, 5.74) is 1.44. The Kier molecular flexibility index (Phi) is 16.3. The van der Waals surface area contributed by atoms with Crippen LogP contribution >= 0.6 is 15.9 Å². The van der Waals surface area contributed by atoms with E-state index in [4.69, 9.17) is 0 Å². The van der Waals surface area contributed by atoms with Crippen molar-refractivity contribution in [2.75, 3.05) is 0 Å². The average Bonchev–Trinajstić information content (AvgIpc) is 3.25. The zero-order valence-electron chi connectivity index (χ0n) is 14.4. The Bertz CT molecular complexity index is 388. The van der Waals surface area contributed by atoms with Gasteiger partial charge in [0.25, 0.3) is 0 Å². The van der Waals surface area contributed by atoms with Crippen LogP contribution in [0.5, 0.6) is 0 Å². The predicted octanol–water partition coefficient (Wildman–Crippen LogP) is 7.78. The van der Waals surface area contributed by atoms with E-state index in [2.05, 4.69) is 47.1 Å². The molecule has 0 N–H and O–H groups in total. The van der Waals surface area contributed by atoms with Gasteiger partial charge in [-0.05, 0) is 11.2 Å². The minimum Gasteiger partial charge on any atom is -0.748 e. The summed E-state index contributed by atoms with van der Waals surface area (Å²) in [6.07, 6.45) is 12.5. The van der Waals surface area contributed by atoms with Gasteiger partial charge in [-0.2, -0.15) is 12.1 Å². The SMILES string of the molecule is CCCCCCCCCCC(Br)[c-]1cccc1.[Fe].[cH-]1[cH-][cH-][cH-][cH-]1. The van der Waals surface area contributed by atoms with Gasteiger partial charge in [0.15, 0.2) is 0 Å². The van der Waals surface area contributed by atoms with Crippen LogP contribution in [0.2, 0.25) is 0 Å². The number of alkyl halides is 1. The van der Waals surface area contributed by atoms with Gasteiger partial charge >= 0.3 is 0 Å². The number of rotatable bonds is 10. The van der Waals surface area contributed by atoms with Gasteiger partial charge in [-0.1, -0.05) is 74.2 Å². The first kappa shape index (κ1) is 22.7. The molecule has 0 amide bonds. The minimum atomic E-state index is 0. The standard InChI is InChI=1S/C16H26Br.C5H5.Fe/c1-2-3-4-5-6-7-8-9-14-16(17)15-12-10-11-13-15;1-2-4-5-3-1;/h10-13,16H,2-9,14H2,1H3;1-5H;/q-1;-5;. The van der Waals surface area contributed by atoms with Gasteiger partial charge in [0.1, 0.15) is 0 Å². The van der Waals surface area contributed by atoms with Crippen molar-refractivity contribution in [2.24, 2.45) is 0 Å². The van der Waals surface area contributed by atoms with Gasteiger partial charge < -0.3 is 30.3 Å². The zero-order chi connectivity index (χ0) is 15.9. The van der Waals surface area contributed by atoms with Crippen molar-refractivity contribution in [3.8, 4) is 0 Å². The van der Waals surface area contributed by atoms with Crippen molar-refractivity contribution >= 4 is 15.9 Å². The third kappa shape index (κ3) is 12.8. The molecular weight excluding hydrogens is 388 g/mol. The third-order valence-electron chi connectivity index (χ3n) is 3.92. The van der Waals surface area contributed by atoms with Crippen LogP contribution in [0, 0.1) is 0 Å². The summed E-state index contributed by atoms with van der Waals surface area (Å²) in [5, 5.41) is 0. The van der Waals surface area contributed by atoms with Crippen molar-refractivity contribution in [3.63, 3.8) is 0 Å². The Labute approximate surface area is 162 Å². The van der Waals surface area contributed by atoms with Crippen molar-refractivity contribution < 1.29 is 17.1 Å². The van der Waals surface area contributed by atoms with E-state index in [1.165, 1.54) is 63.4 Å². The molecule has 0 saturated carbocycles. The molecule has 0 fully saturated rings. The van der Waals surface area contributed by atoms with Crippen LogP contribution in [0.1, 0.15) is 75.1 Å². The largest absolute Gasteiger partial charge is 0.748 e. The fourth-order valence-corrected chi connectivity index (χ4v) is 3.17. The molecule has 136 valence electrons. The van der Waals surface area contributed by atoms with Crippen LogP contribution < -0.4 is 0 Å². The summed E-state index contributed by atoms with van der Waals surface area (Å²) in [5.74, 6) is 0. The number of unbranched alkanes of at least 4 members (excludes halogenated alkanes) is 7. The first-order valence-corrected chi connectivity index (χ1v) is 9.78. The third-order valence-corrected chi connectivity index (χ3v) is 4.90. The fraction of sp³-hybridized carbons (Fsp3) is 0.524. The van der Waals surface area contributed by atoms with Crippen LogP contribution in [0.4, 0.5) is 0 Å². The summed E-state index contributed by atoms with van der Waals surface area (Å²) in [4.78, 5) is 0.567. The van der Waals surface area contributed by atoms with E-state index in [0.29, 0.717) is 4.83 Å². The van der Waals surface area contributed by atoms with Gasteiger partial charge in [-0.3, -0.25) is 0 Å². The fourth-order valence-electron chi connectivity index (χ4n) is 2.54. The first-order chi connectivity index (χ1) is 10.8. The minimum absolute atomic E-state index is 0. The molecule has 2 rings (SSSR count). The molecule has 0 aliphatic heterocycles. The topological polar surface area (TPSA) is 0 Å². The molecule has 0 radical (unpaired) electrons. The molecule has 0 aliphatic rings. The number of hydrogen-bond donors (Lipinski definition) is 0. The molecule has 0 aromatic heterocycles. The Morgan fingerprint density at radius 3 is 1.70 bits per heavy atom. The van der Waals surface area contributed by atoms with E-state index in [0.717, 1.165) is 0 Å². The zero-order valence-corrected chi connectivity index (χ0v) is 17.1. The number of halogens is 1. The maximum Gasteiger partial charge on any atom is 0 e. The molecule has 1 atom stereocenters. The average molecular weight is 419 g/mol. The predicted molar refractivity (Wildman–Crippen MR) is 103 cm³/mol. The van der Waals surface area contributed by atoms with E-state index in [9.17, 15) is 0 Å². The Balaban J connectivity index is 0.000000684. The van der Waals surface area contributed by atoms with E-state index in [-0.39, 0.29) is 17.1 Å². The first-order valence-electron chi connectivity index (χ1n) is 8.87. The van der Waals surface area contributed by atoms with Gasteiger partial charge in [0.05, 0.1) is 0 Å². The molecule has 2 aromatic carbocycles. The summed E-state index contributed by atoms with van der Waals surface area (Å²) >= 11 is 3.77. The van der Waals surface area contributed by atoms with E-state index in [1.807, 2.05) is 30.3 Å². The van der Waals surface area contributed by atoms with Crippen molar-refractivity contribution in [2.45, 2.75) is 69.5 Å². The van der Waals surface area contributed by atoms with Crippen LogP contribution in [-0.4, -0.2) is 0 Å². The van der Waals surface area contributed by atoms with Crippen molar-refractivity contribution in [3.05, 3.63) is 60.2 Å². The van der Waals surface area contributed by atoms with Crippen LogP contribution in [-0.2, 0) is 17.1 Å². The molecule has 23 heavy (non-hydrogen) atoms. The molecule has 0 spiro atoms. The molecule has 1 unspecified atom stereocenters. The molecule has 0 nitrogen and oxygen atoms in total. The second-order valence-electron chi connectivity index (χ2n) is 5.91. The molecule has 0 aliphatic carbocycles. The Hall–Kier alpha value is -0.301. The van der Waals surface area contributed by atoms with Gasteiger partial charge in [0, 0.05) is 17.1 Å². The second-order valence-corrected chi connectivity index (χ2v) is 7.02. The Morgan fingerprint density at radius 1 is 0.783 bits per heavy atom. The molecule has 0 saturated heterocycles.